The van der Waals surface area contributed by atoms with Crippen LogP contribution in [0.5, 0.6) is 0 Å². The normalized spacial score (nSPS) is 19.7. The number of aliphatic hydroxyl groups excluding tert-OH is 2. The van der Waals surface area contributed by atoms with Crippen molar-refractivity contribution in [3.8, 4) is 10.4 Å². The Balaban J connectivity index is 1.74. The van der Waals surface area contributed by atoms with Gasteiger partial charge in [-0.15, -0.1) is 11.3 Å². The van der Waals surface area contributed by atoms with Crippen molar-refractivity contribution in [2.45, 2.75) is 85.7 Å². The van der Waals surface area contributed by atoms with Crippen molar-refractivity contribution in [2.24, 2.45) is 10.8 Å². The number of aliphatic hydroxyl groups is 2. The molecule has 10 heteroatoms. The van der Waals surface area contributed by atoms with Gasteiger partial charge < -0.3 is 25.7 Å². The highest BCUT2D eigenvalue weighted by Crippen LogP contribution is 2.30. The van der Waals surface area contributed by atoms with Gasteiger partial charge in [-0.2, -0.15) is 0 Å². The van der Waals surface area contributed by atoms with Gasteiger partial charge in [0.15, 0.2) is 0 Å². The number of hydrogen-bond acceptors (Lipinski definition) is 7. The third kappa shape index (κ3) is 6.78. The maximum Gasteiger partial charge on any atom is 0.246 e. The number of likely N-dealkylation sites (tertiary alicyclic amines) is 1. The van der Waals surface area contributed by atoms with Gasteiger partial charge in [-0.05, 0) is 23.5 Å². The molecule has 3 rings (SSSR count). The molecule has 2 heterocycles. The molecule has 4 N–H and O–H groups in total. The predicted octanol–water partition coefficient (Wildman–Crippen LogP) is 3.02. The van der Waals surface area contributed by atoms with Crippen LogP contribution in [0.4, 0.5) is 0 Å². The number of benzene rings is 1. The van der Waals surface area contributed by atoms with E-state index >= 15 is 0 Å². The van der Waals surface area contributed by atoms with E-state index in [9.17, 15) is 24.6 Å². The van der Waals surface area contributed by atoms with E-state index in [1.807, 2.05) is 52.0 Å². The lowest BCUT2D eigenvalue weighted by Gasteiger charge is -2.36. The van der Waals surface area contributed by atoms with Gasteiger partial charge in [0.05, 0.1) is 34.8 Å². The predicted molar refractivity (Wildman–Crippen MR) is 147 cm³/mol. The number of amides is 3. The summed E-state index contributed by atoms with van der Waals surface area (Å²) in [5.74, 6) is -0.993. The summed E-state index contributed by atoms with van der Waals surface area (Å²) in [5, 5.41) is 25.7. The molecule has 4 atom stereocenters. The number of hydrogen-bond donors (Lipinski definition) is 4. The van der Waals surface area contributed by atoms with Crippen LogP contribution in [0.2, 0.25) is 0 Å². The minimum Gasteiger partial charge on any atom is -0.391 e. The van der Waals surface area contributed by atoms with Gasteiger partial charge in [-0.3, -0.25) is 14.4 Å². The zero-order chi connectivity index (χ0) is 28.4. The van der Waals surface area contributed by atoms with E-state index in [2.05, 4.69) is 15.6 Å². The smallest absolute Gasteiger partial charge is 0.246 e. The largest absolute Gasteiger partial charge is 0.391 e. The lowest BCUT2D eigenvalue weighted by molar-refractivity contribution is -0.145. The monoisotopic (exact) mass is 544 g/mol. The van der Waals surface area contributed by atoms with Crippen LogP contribution in [-0.2, 0) is 21.0 Å². The van der Waals surface area contributed by atoms with E-state index in [0.29, 0.717) is 5.69 Å². The highest BCUT2D eigenvalue weighted by atomic mass is 32.1. The fraction of sp³-hybridized carbons (Fsp3) is 0.571. The van der Waals surface area contributed by atoms with Gasteiger partial charge >= 0.3 is 0 Å². The summed E-state index contributed by atoms with van der Waals surface area (Å²) in [6.45, 7) is 12.7. The number of carbonyl (C=O) groups excluding carboxylic acids is 3. The molecule has 2 aromatic rings. The van der Waals surface area contributed by atoms with Crippen molar-refractivity contribution in [3.05, 3.63) is 41.0 Å². The SMILES string of the molecule is CC(NC(=O)C1CC(O)CN1C(=O)C(NC(=O)C(C)(C)C)C(C)(C)C)c1ccc(-c2scnc2CO)cc1. The highest BCUT2D eigenvalue weighted by Gasteiger charge is 2.45. The second kappa shape index (κ2) is 11.5. The Hall–Kier alpha value is -2.82. The van der Waals surface area contributed by atoms with Gasteiger partial charge in [-0.25, -0.2) is 4.98 Å². The van der Waals surface area contributed by atoms with Gasteiger partial charge in [0.2, 0.25) is 17.7 Å². The molecule has 208 valence electrons. The first-order valence-electron chi connectivity index (χ1n) is 12.9. The van der Waals surface area contributed by atoms with Crippen LogP contribution in [0.1, 0.15) is 72.2 Å². The van der Waals surface area contributed by atoms with Crippen LogP contribution in [0.3, 0.4) is 0 Å². The molecular weight excluding hydrogens is 504 g/mol. The zero-order valence-corrected chi connectivity index (χ0v) is 24.1. The summed E-state index contributed by atoms with van der Waals surface area (Å²) in [5.41, 5.74) is 2.84. The maximum absolute atomic E-state index is 13.7. The van der Waals surface area contributed by atoms with E-state index in [-0.39, 0.29) is 43.3 Å². The molecule has 1 aliphatic heterocycles. The Labute approximate surface area is 228 Å². The molecule has 0 spiro atoms. The first-order valence-corrected chi connectivity index (χ1v) is 13.7. The van der Waals surface area contributed by atoms with Crippen LogP contribution >= 0.6 is 11.3 Å². The number of carbonyl (C=O) groups is 3. The van der Waals surface area contributed by atoms with Gasteiger partial charge in [0.1, 0.15) is 12.1 Å². The molecule has 1 saturated heterocycles. The third-order valence-electron chi connectivity index (χ3n) is 6.76. The summed E-state index contributed by atoms with van der Waals surface area (Å²) in [6, 6.07) is 5.62. The Morgan fingerprint density at radius 3 is 2.29 bits per heavy atom. The molecular formula is C28H40N4O5S. The van der Waals surface area contributed by atoms with Crippen LogP contribution in [0, 0.1) is 10.8 Å². The topological polar surface area (TPSA) is 132 Å². The molecule has 0 saturated carbocycles. The molecule has 38 heavy (non-hydrogen) atoms. The van der Waals surface area contributed by atoms with Crippen molar-refractivity contribution < 1.29 is 24.6 Å². The van der Waals surface area contributed by atoms with Crippen molar-refractivity contribution in [3.63, 3.8) is 0 Å². The lowest BCUT2D eigenvalue weighted by Crippen LogP contribution is -2.59. The van der Waals surface area contributed by atoms with Crippen molar-refractivity contribution >= 4 is 29.1 Å². The fourth-order valence-corrected chi connectivity index (χ4v) is 5.21. The second-order valence-electron chi connectivity index (χ2n) is 12.1. The molecule has 1 aromatic carbocycles. The summed E-state index contributed by atoms with van der Waals surface area (Å²) in [7, 11) is 0. The molecule has 0 bridgehead atoms. The van der Waals surface area contributed by atoms with Crippen molar-refractivity contribution in [1.29, 1.82) is 0 Å². The van der Waals surface area contributed by atoms with Crippen LogP contribution in [0.25, 0.3) is 10.4 Å². The highest BCUT2D eigenvalue weighted by molar-refractivity contribution is 7.13. The molecule has 1 aromatic heterocycles. The first kappa shape index (κ1) is 29.7. The standard InChI is InChI=1S/C28H40N4O5S/c1-16(17-8-10-18(11-9-17)22-20(14-33)29-15-38-22)30-24(35)21-12-19(34)13-32(21)25(36)23(27(2,3)4)31-26(37)28(5,6)7/h8-11,15-16,19,21,23,33-34H,12-14H2,1-7H3,(H,30,35)(H,31,37). The average Bonchev–Trinajstić information content (AvgIpc) is 3.47. The fourth-order valence-electron chi connectivity index (χ4n) is 4.40. The average molecular weight is 545 g/mol. The Morgan fingerprint density at radius 2 is 1.74 bits per heavy atom. The molecule has 4 unspecified atom stereocenters. The number of β-amino-alcohol motifs (C(OH)–C–C–N with tert-alkyl or cyclic N) is 1. The number of thiazole rings is 1. The third-order valence-corrected chi connectivity index (χ3v) is 7.67. The molecule has 1 fully saturated rings. The Bertz CT molecular complexity index is 1150. The summed E-state index contributed by atoms with van der Waals surface area (Å²) in [4.78, 5) is 46.2. The van der Waals surface area contributed by atoms with E-state index in [4.69, 9.17) is 0 Å². The van der Waals surface area contributed by atoms with Crippen LogP contribution in [0.15, 0.2) is 29.8 Å². The quantitative estimate of drug-likeness (QED) is 0.424. The van der Waals surface area contributed by atoms with Crippen LogP contribution in [-0.4, -0.2) is 62.6 Å². The summed E-state index contributed by atoms with van der Waals surface area (Å²) in [6.07, 6.45) is -0.703. The lowest BCUT2D eigenvalue weighted by atomic mass is 9.84. The molecule has 1 aliphatic rings. The number of rotatable bonds is 7. The van der Waals surface area contributed by atoms with E-state index in [0.717, 1.165) is 16.0 Å². The number of nitrogens with one attached hydrogen (secondary N) is 2. The van der Waals surface area contributed by atoms with E-state index in [1.54, 1.807) is 26.3 Å². The zero-order valence-electron chi connectivity index (χ0n) is 23.2. The molecule has 3 amide bonds. The number of nitrogens with zero attached hydrogens (tertiary/aromatic N) is 2. The van der Waals surface area contributed by atoms with Gasteiger partial charge in [0.25, 0.3) is 0 Å². The molecule has 9 nitrogen and oxygen atoms in total. The second-order valence-corrected chi connectivity index (χ2v) is 12.9. The molecule has 0 radical (unpaired) electrons. The van der Waals surface area contributed by atoms with E-state index < -0.39 is 29.0 Å². The van der Waals surface area contributed by atoms with Crippen molar-refractivity contribution in [2.75, 3.05) is 6.54 Å². The van der Waals surface area contributed by atoms with Gasteiger partial charge in [0, 0.05) is 18.4 Å². The minimum absolute atomic E-state index is 0.0278. The van der Waals surface area contributed by atoms with Crippen molar-refractivity contribution in [1.82, 2.24) is 20.5 Å². The summed E-state index contributed by atoms with van der Waals surface area (Å²) < 4.78 is 0. The van der Waals surface area contributed by atoms with E-state index in [1.165, 1.54) is 16.2 Å². The summed E-state index contributed by atoms with van der Waals surface area (Å²) >= 11 is 1.45. The first-order chi connectivity index (χ1) is 17.6. The maximum atomic E-state index is 13.7. The minimum atomic E-state index is -0.852. The Kier molecular flexibility index (Phi) is 9.00. The molecule has 0 aliphatic carbocycles. The Morgan fingerprint density at radius 1 is 1.11 bits per heavy atom. The van der Waals surface area contributed by atoms with Crippen LogP contribution < -0.4 is 10.6 Å². The van der Waals surface area contributed by atoms with Gasteiger partial charge in [-0.1, -0.05) is 65.8 Å². The number of aromatic nitrogens is 1.